The number of carbonyl (C=O) groups is 3. The second-order valence-corrected chi connectivity index (χ2v) is 5.34. The van der Waals surface area contributed by atoms with Crippen molar-refractivity contribution in [3.63, 3.8) is 0 Å². The summed E-state index contributed by atoms with van der Waals surface area (Å²) in [4.78, 5) is 35.2. The first kappa shape index (κ1) is 18.6. The molecule has 0 bridgehead atoms. The normalized spacial score (nSPS) is 14.3. The molecule has 0 aromatic heterocycles. The summed E-state index contributed by atoms with van der Waals surface area (Å²) in [5, 5.41) is 4.94. The van der Waals surface area contributed by atoms with E-state index in [1.165, 1.54) is 20.8 Å². The fourth-order valence-corrected chi connectivity index (χ4v) is 1.66. The summed E-state index contributed by atoms with van der Waals surface area (Å²) in [5.41, 5.74) is 6.27. The van der Waals surface area contributed by atoms with E-state index in [4.69, 9.17) is 10.5 Å². The highest BCUT2D eigenvalue weighted by atomic mass is 16.5. The zero-order valence-corrected chi connectivity index (χ0v) is 13.5. The van der Waals surface area contributed by atoms with Gasteiger partial charge in [0.15, 0.2) is 0 Å². The van der Waals surface area contributed by atoms with Crippen LogP contribution in [-0.4, -0.2) is 35.9 Å². The number of rotatable bonds is 7. The SMILES string of the molecule is C[C@H](N)C(=O)N[C@@H](C)C(=O)N[C@@H](C)C(=O)OCc1ccccc1. The molecule has 2 amide bonds. The van der Waals surface area contributed by atoms with Gasteiger partial charge in [0, 0.05) is 0 Å². The number of carbonyl (C=O) groups excluding carboxylic acids is 3. The van der Waals surface area contributed by atoms with Crippen LogP contribution in [0.3, 0.4) is 0 Å². The van der Waals surface area contributed by atoms with Crippen molar-refractivity contribution in [2.24, 2.45) is 5.73 Å². The van der Waals surface area contributed by atoms with Crippen LogP contribution in [0.2, 0.25) is 0 Å². The monoisotopic (exact) mass is 321 g/mol. The first-order valence-corrected chi connectivity index (χ1v) is 7.38. The summed E-state index contributed by atoms with van der Waals surface area (Å²) in [6, 6.07) is 6.90. The van der Waals surface area contributed by atoms with Crippen LogP contribution in [-0.2, 0) is 25.7 Å². The molecule has 0 fully saturated rings. The van der Waals surface area contributed by atoms with Crippen LogP contribution < -0.4 is 16.4 Å². The van der Waals surface area contributed by atoms with E-state index in [1.54, 1.807) is 0 Å². The number of esters is 1. The van der Waals surface area contributed by atoms with Crippen molar-refractivity contribution in [1.82, 2.24) is 10.6 Å². The average molecular weight is 321 g/mol. The minimum Gasteiger partial charge on any atom is -0.459 e. The molecule has 1 rings (SSSR count). The summed E-state index contributed by atoms with van der Waals surface area (Å²) >= 11 is 0. The van der Waals surface area contributed by atoms with E-state index in [-0.39, 0.29) is 6.61 Å². The Hall–Kier alpha value is -2.41. The second-order valence-electron chi connectivity index (χ2n) is 5.34. The molecule has 0 aliphatic heterocycles. The molecule has 4 N–H and O–H groups in total. The van der Waals surface area contributed by atoms with E-state index in [9.17, 15) is 14.4 Å². The predicted octanol–water partition coefficient (Wildman–Crippen LogP) is 0.0864. The van der Waals surface area contributed by atoms with Crippen molar-refractivity contribution in [2.45, 2.75) is 45.5 Å². The fourth-order valence-electron chi connectivity index (χ4n) is 1.66. The van der Waals surface area contributed by atoms with Gasteiger partial charge in [0.1, 0.15) is 18.7 Å². The Balaban J connectivity index is 2.41. The molecule has 7 nitrogen and oxygen atoms in total. The lowest BCUT2D eigenvalue weighted by molar-refractivity contribution is -0.148. The maximum absolute atomic E-state index is 11.9. The van der Waals surface area contributed by atoms with Gasteiger partial charge in [-0.05, 0) is 26.3 Å². The largest absolute Gasteiger partial charge is 0.459 e. The Morgan fingerprint density at radius 3 is 2.13 bits per heavy atom. The summed E-state index contributed by atoms with van der Waals surface area (Å²) in [6.45, 7) is 4.68. The third kappa shape index (κ3) is 6.48. The van der Waals surface area contributed by atoms with Gasteiger partial charge in [0.25, 0.3) is 0 Å². The molecule has 3 atom stereocenters. The molecule has 0 aliphatic carbocycles. The molecule has 0 radical (unpaired) electrons. The highest BCUT2D eigenvalue weighted by molar-refractivity contribution is 5.91. The standard InChI is InChI=1S/C16H23N3O4/c1-10(17)14(20)18-11(2)15(21)19-12(3)16(22)23-9-13-7-5-4-6-8-13/h4-8,10-12H,9,17H2,1-3H3,(H,18,20)(H,19,21)/t10-,11-,12-/m0/s1. The number of hydrogen-bond donors (Lipinski definition) is 3. The Labute approximate surface area is 135 Å². The van der Waals surface area contributed by atoms with Gasteiger partial charge in [-0.15, -0.1) is 0 Å². The molecule has 0 unspecified atom stereocenters. The second kappa shape index (κ2) is 8.89. The molecule has 0 saturated carbocycles. The van der Waals surface area contributed by atoms with Crippen molar-refractivity contribution in [3.05, 3.63) is 35.9 Å². The summed E-state index contributed by atoms with van der Waals surface area (Å²) < 4.78 is 5.13. The highest BCUT2D eigenvalue weighted by Crippen LogP contribution is 2.02. The molecule has 0 saturated heterocycles. The number of benzene rings is 1. The van der Waals surface area contributed by atoms with Crippen LogP contribution in [0.15, 0.2) is 30.3 Å². The topological polar surface area (TPSA) is 111 Å². The van der Waals surface area contributed by atoms with E-state index in [0.717, 1.165) is 5.56 Å². The number of hydrogen-bond acceptors (Lipinski definition) is 5. The van der Waals surface area contributed by atoms with Crippen LogP contribution in [0.25, 0.3) is 0 Å². The maximum Gasteiger partial charge on any atom is 0.328 e. The Bertz CT molecular complexity index is 546. The Morgan fingerprint density at radius 1 is 1.00 bits per heavy atom. The minimum atomic E-state index is -0.819. The molecule has 0 aliphatic rings. The predicted molar refractivity (Wildman–Crippen MR) is 85.1 cm³/mol. The lowest BCUT2D eigenvalue weighted by Crippen LogP contribution is -2.52. The molecular weight excluding hydrogens is 298 g/mol. The lowest BCUT2D eigenvalue weighted by Gasteiger charge is -2.18. The quantitative estimate of drug-likeness (QED) is 0.616. The average Bonchev–Trinajstić information content (AvgIpc) is 2.53. The van der Waals surface area contributed by atoms with Gasteiger partial charge in [0.05, 0.1) is 6.04 Å². The van der Waals surface area contributed by atoms with Gasteiger partial charge in [0.2, 0.25) is 11.8 Å². The number of nitrogens with one attached hydrogen (secondary N) is 2. The van der Waals surface area contributed by atoms with Gasteiger partial charge >= 0.3 is 5.97 Å². The summed E-state index contributed by atoms with van der Waals surface area (Å²) in [6.07, 6.45) is 0. The van der Waals surface area contributed by atoms with Crippen LogP contribution in [0.5, 0.6) is 0 Å². The Morgan fingerprint density at radius 2 is 1.57 bits per heavy atom. The molecule has 1 aromatic rings. The minimum absolute atomic E-state index is 0.136. The van der Waals surface area contributed by atoms with E-state index in [0.29, 0.717) is 0 Å². The van der Waals surface area contributed by atoms with Crippen molar-refractivity contribution in [3.8, 4) is 0 Å². The van der Waals surface area contributed by atoms with Crippen molar-refractivity contribution in [2.75, 3.05) is 0 Å². The van der Waals surface area contributed by atoms with Crippen LogP contribution >= 0.6 is 0 Å². The van der Waals surface area contributed by atoms with E-state index < -0.39 is 35.9 Å². The third-order valence-electron chi connectivity index (χ3n) is 3.10. The number of ether oxygens (including phenoxy) is 1. The van der Waals surface area contributed by atoms with E-state index >= 15 is 0 Å². The van der Waals surface area contributed by atoms with Crippen molar-refractivity contribution in [1.29, 1.82) is 0 Å². The summed E-state index contributed by atoms with van der Waals surface area (Å²) in [7, 11) is 0. The Kier molecular flexibility index (Phi) is 7.21. The number of amides is 2. The molecular formula is C16H23N3O4. The molecule has 0 spiro atoms. The van der Waals surface area contributed by atoms with Crippen molar-refractivity contribution < 1.29 is 19.1 Å². The third-order valence-corrected chi connectivity index (χ3v) is 3.10. The molecule has 0 heterocycles. The fraction of sp³-hybridized carbons (Fsp3) is 0.438. The smallest absolute Gasteiger partial charge is 0.328 e. The molecule has 126 valence electrons. The van der Waals surface area contributed by atoms with Crippen molar-refractivity contribution >= 4 is 17.8 Å². The zero-order valence-electron chi connectivity index (χ0n) is 13.5. The van der Waals surface area contributed by atoms with Gasteiger partial charge in [-0.3, -0.25) is 9.59 Å². The summed E-state index contributed by atoms with van der Waals surface area (Å²) in [5.74, 6) is -1.47. The highest BCUT2D eigenvalue weighted by Gasteiger charge is 2.22. The molecule has 7 heteroatoms. The van der Waals surface area contributed by atoms with Gasteiger partial charge in [-0.25, -0.2) is 4.79 Å². The van der Waals surface area contributed by atoms with Gasteiger partial charge in [-0.2, -0.15) is 0 Å². The van der Waals surface area contributed by atoms with Crippen LogP contribution in [0.4, 0.5) is 0 Å². The first-order valence-electron chi connectivity index (χ1n) is 7.38. The van der Waals surface area contributed by atoms with E-state index in [2.05, 4.69) is 10.6 Å². The maximum atomic E-state index is 11.9. The molecule has 1 aromatic carbocycles. The van der Waals surface area contributed by atoms with Gasteiger partial charge in [-0.1, -0.05) is 30.3 Å². The first-order chi connectivity index (χ1) is 10.8. The van der Waals surface area contributed by atoms with Crippen LogP contribution in [0.1, 0.15) is 26.3 Å². The van der Waals surface area contributed by atoms with Crippen LogP contribution in [0, 0.1) is 0 Å². The lowest BCUT2D eigenvalue weighted by atomic mass is 10.2. The molecule has 23 heavy (non-hydrogen) atoms. The van der Waals surface area contributed by atoms with Gasteiger partial charge < -0.3 is 21.1 Å². The number of nitrogens with two attached hydrogens (primary N) is 1. The van der Waals surface area contributed by atoms with E-state index in [1.807, 2.05) is 30.3 Å². The zero-order chi connectivity index (χ0) is 17.4.